The van der Waals surface area contributed by atoms with Crippen LogP contribution >= 0.6 is 0 Å². The molecule has 0 aliphatic heterocycles. The molecule has 2 unspecified atom stereocenters. The second-order valence-corrected chi connectivity index (χ2v) is 8.74. The molecule has 0 saturated heterocycles. The Bertz CT molecular complexity index is 635. The van der Waals surface area contributed by atoms with Gasteiger partial charge < -0.3 is 5.32 Å². The van der Waals surface area contributed by atoms with Crippen LogP contribution in [0.25, 0.3) is 0 Å². The van der Waals surface area contributed by atoms with Crippen molar-refractivity contribution in [3.05, 3.63) is 47.2 Å². The molecule has 144 valence electrons. The molecule has 2 aliphatic rings. The molecule has 0 amide bonds. The summed E-state index contributed by atoms with van der Waals surface area (Å²) in [6.45, 7) is 12.7. The Morgan fingerprint density at radius 1 is 1.19 bits per heavy atom. The van der Waals surface area contributed by atoms with Crippen molar-refractivity contribution in [3.63, 3.8) is 0 Å². The first kappa shape index (κ1) is 20.7. The summed E-state index contributed by atoms with van der Waals surface area (Å²) in [6, 6.07) is 0. The van der Waals surface area contributed by atoms with Crippen molar-refractivity contribution in [1.29, 1.82) is 5.41 Å². The van der Waals surface area contributed by atoms with Crippen molar-refractivity contribution < 1.29 is 0 Å². The van der Waals surface area contributed by atoms with E-state index in [-0.39, 0.29) is 0 Å². The van der Waals surface area contributed by atoms with Crippen molar-refractivity contribution >= 4 is 5.71 Å². The molecule has 0 bridgehead atoms. The van der Waals surface area contributed by atoms with Crippen molar-refractivity contribution in [1.82, 2.24) is 5.32 Å². The van der Waals surface area contributed by atoms with Crippen molar-refractivity contribution in [2.45, 2.75) is 72.6 Å². The van der Waals surface area contributed by atoms with Gasteiger partial charge in [-0.1, -0.05) is 56.6 Å². The molecule has 2 rings (SSSR count). The highest BCUT2D eigenvalue weighted by atomic mass is 14.8. The van der Waals surface area contributed by atoms with Gasteiger partial charge in [0.1, 0.15) is 0 Å². The lowest BCUT2D eigenvalue weighted by Crippen LogP contribution is -2.12. The molecule has 2 saturated carbocycles. The third kappa shape index (κ3) is 4.99. The molecule has 2 nitrogen and oxygen atoms in total. The maximum absolute atomic E-state index is 8.43. The smallest absolute Gasteiger partial charge is 0.0658 e. The largest absolute Gasteiger partial charge is 0.391 e. The zero-order chi connectivity index (χ0) is 19.3. The van der Waals surface area contributed by atoms with E-state index in [1.807, 2.05) is 20.9 Å². The van der Waals surface area contributed by atoms with E-state index in [0.717, 1.165) is 28.7 Å². The first-order chi connectivity index (χ1) is 12.3. The number of hydrogen-bond acceptors (Lipinski definition) is 2. The van der Waals surface area contributed by atoms with Crippen LogP contribution in [0.3, 0.4) is 0 Å². The van der Waals surface area contributed by atoms with Crippen LogP contribution in [-0.4, -0.2) is 12.8 Å². The highest BCUT2D eigenvalue weighted by molar-refractivity contribution is 6.12. The molecule has 26 heavy (non-hydrogen) atoms. The Morgan fingerprint density at radius 3 is 2.58 bits per heavy atom. The zero-order valence-electron chi connectivity index (χ0n) is 17.5. The Hall–Kier alpha value is -1.57. The molecule has 2 aliphatic carbocycles. The molecule has 3 atom stereocenters. The summed E-state index contributed by atoms with van der Waals surface area (Å²) in [4.78, 5) is 0. The van der Waals surface area contributed by atoms with E-state index in [9.17, 15) is 0 Å². The Balaban J connectivity index is 2.06. The predicted molar refractivity (Wildman–Crippen MR) is 115 cm³/mol. The minimum atomic E-state index is 0.552. The molecule has 0 spiro atoms. The van der Waals surface area contributed by atoms with Crippen LogP contribution in [0.2, 0.25) is 0 Å². The van der Waals surface area contributed by atoms with Crippen molar-refractivity contribution in [2.24, 2.45) is 17.3 Å². The van der Waals surface area contributed by atoms with E-state index in [2.05, 4.69) is 37.9 Å². The Morgan fingerprint density at radius 2 is 1.92 bits per heavy atom. The van der Waals surface area contributed by atoms with Gasteiger partial charge in [0.15, 0.2) is 0 Å². The minimum absolute atomic E-state index is 0.552. The second-order valence-electron chi connectivity index (χ2n) is 8.74. The quantitative estimate of drug-likeness (QED) is 0.393. The summed E-state index contributed by atoms with van der Waals surface area (Å²) in [5.41, 5.74) is 5.53. The predicted octanol–water partition coefficient (Wildman–Crippen LogP) is 6.57. The molecule has 0 heterocycles. The Labute approximate surface area is 161 Å². The lowest BCUT2D eigenvalue weighted by atomic mass is 9.82. The first-order valence-electron chi connectivity index (χ1n) is 10.3. The third-order valence-electron chi connectivity index (χ3n) is 6.77. The summed E-state index contributed by atoms with van der Waals surface area (Å²) >= 11 is 0. The number of fused-ring (bicyclic) bond motifs is 1. The van der Waals surface area contributed by atoms with Crippen LogP contribution in [0.1, 0.15) is 72.6 Å². The lowest BCUT2D eigenvalue weighted by molar-refractivity contribution is 0.298. The molecule has 0 aromatic heterocycles. The monoisotopic (exact) mass is 354 g/mol. The number of rotatable bonds is 7. The van der Waals surface area contributed by atoms with Crippen LogP contribution in [-0.2, 0) is 0 Å². The van der Waals surface area contributed by atoms with Crippen molar-refractivity contribution in [3.8, 4) is 0 Å². The summed E-state index contributed by atoms with van der Waals surface area (Å²) in [5.74, 6) is 1.79. The number of allylic oxidation sites excluding steroid dienone is 7. The molecule has 0 aromatic rings. The van der Waals surface area contributed by atoms with Gasteiger partial charge >= 0.3 is 0 Å². The fraction of sp³-hybridized carbons (Fsp3) is 0.625. The molecular formula is C24H38N2. The minimum Gasteiger partial charge on any atom is -0.391 e. The summed E-state index contributed by atoms with van der Waals surface area (Å²) in [5, 5.41) is 11.6. The van der Waals surface area contributed by atoms with Gasteiger partial charge in [0.05, 0.1) is 5.71 Å². The van der Waals surface area contributed by atoms with Crippen LogP contribution in [0.15, 0.2) is 47.2 Å². The molecule has 2 fully saturated rings. The van der Waals surface area contributed by atoms with Crippen LogP contribution in [0.4, 0.5) is 0 Å². The average molecular weight is 355 g/mol. The van der Waals surface area contributed by atoms with Crippen LogP contribution < -0.4 is 5.32 Å². The van der Waals surface area contributed by atoms with E-state index < -0.39 is 0 Å². The molecule has 2 heteroatoms. The van der Waals surface area contributed by atoms with Crippen LogP contribution in [0.5, 0.6) is 0 Å². The topological polar surface area (TPSA) is 35.9 Å². The second kappa shape index (κ2) is 8.88. The average Bonchev–Trinajstić information content (AvgIpc) is 3.28. The van der Waals surface area contributed by atoms with Gasteiger partial charge in [-0.15, -0.1) is 0 Å². The lowest BCUT2D eigenvalue weighted by Gasteiger charge is -2.23. The van der Waals surface area contributed by atoms with E-state index >= 15 is 0 Å². The molecule has 2 N–H and O–H groups in total. The molecular weight excluding hydrogens is 316 g/mol. The van der Waals surface area contributed by atoms with Gasteiger partial charge in [-0.3, -0.25) is 5.41 Å². The standard InChI is InChI=1S/C24H38N2/c1-7-20(23(25)18(3)19(4)26-6)13-12-17(2)15-21-11-9-8-10-14-24(5)16-22(21)24/h7,12-13,21-22,25-26H,1,8-11,14-16H2,2-6H3/b17-12+,19-18+,20-13+,25-23?/t21?,22?,24-/m0/s1. The third-order valence-corrected chi connectivity index (χ3v) is 6.77. The normalized spacial score (nSPS) is 30.5. The zero-order valence-corrected chi connectivity index (χ0v) is 17.5. The van der Waals surface area contributed by atoms with Gasteiger partial charge in [-0.2, -0.15) is 0 Å². The highest BCUT2D eigenvalue weighted by Gasteiger charge is 2.52. The SMILES string of the molecule is C=C/C(=C\C=C(/C)CC1CCCCC[C@@]2(C)CC12)C(=N)/C(C)=C(\C)NC. The van der Waals surface area contributed by atoms with E-state index in [0.29, 0.717) is 11.1 Å². The molecule has 0 radical (unpaired) electrons. The fourth-order valence-corrected chi connectivity index (χ4v) is 4.58. The van der Waals surface area contributed by atoms with Crippen molar-refractivity contribution in [2.75, 3.05) is 7.05 Å². The summed E-state index contributed by atoms with van der Waals surface area (Å²) in [7, 11) is 1.90. The maximum atomic E-state index is 8.43. The van der Waals surface area contributed by atoms with Gasteiger partial charge in [0, 0.05) is 12.7 Å². The van der Waals surface area contributed by atoms with Gasteiger partial charge in [0.25, 0.3) is 0 Å². The molecule has 0 aromatic carbocycles. The van der Waals surface area contributed by atoms with Gasteiger partial charge in [-0.05, 0) is 74.9 Å². The van der Waals surface area contributed by atoms with Gasteiger partial charge in [-0.25, -0.2) is 0 Å². The van der Waals surface area contributed by atoms with E-state index in [1.54, 1.807) is 6.08 Å². The van der Waals surface area contributed by atoms with E-state index in [4.69, 9.17) is 5.41 Å². The first-order valence-corrected chi connectivity index (χ1v) is 10.3. The van der Waals surface area contributed by atoms with Gasteiger partial charge in [0.2, 0.25) is 0 Å². The number of nitrogens with one attached hydrogen (secondary N) is 2. The van der Waals surface area contributed by atoms with Crippen LogP contribution in [0, 0.1) is 22.7 Å². The van der Waals surface area contributed by atoms with E-state index in [1.165, 1.54) is 50.5 Å². The highest BCUT2D eigenvalue weighted by Crippen LogP contribution is 2.62. The maximum Gasteiger partial charge on any atom is 0.0658 e. The summed E-state index contributed by atoms with van der Waals surface area (Å²) < 4.78 is 0. The fourth-order valence-electron chi connectivity index (χ4n) is 4.58. The summed E-state index contributed by atoms with van der Waals surface area (Å²) in [6.07, 6.45) is 15.8. The Kier molecular flexibility index (Phi) is 7.08. The number of hydrogen-bond donors (Lipinski definition) is 2.